The number of aryl methyl sites for hydroxylation is 1. The molecule has 124 valence electrons. The highest BCUT2D eigenvalue weighted by atomic mass is 16.5. The highest BCUT2D eigenvalue weighted by Crippen LogP contribution is 2.23. The van der Waals surface area contributed by atoms with Crippen LogP contribution in [-0.4, -0.2) is 12.5 Å². The summed E-state index contributed by atoms with van der Waals surface area (Å²) in [6.45, 7) is 3.96. The zero-order valence-electron chi connectivity index (χ0n) is 13.9. The molecule has 1 N–H and O–H groups in total. The van der Waals surface area contributed by atoms with Gasteiger partial charge in [0.2, 0.25) is 0 Å². The first-order chi connectivity index (χ1) is 11.7. The van der Waals surface area contributed by atoms with Crippen LogP contribution in [0.3, 0.4) is 0 Å². The molecule has 0 aliphatic rings. The molecule has 3 rings (SSSR count). The van der Waals surface area contributed by atoms with Crippen LogP contribution < -0.4 is 10.1 Å². The fourth-order valence-corrected chi connectivity index (χ4v) is 2.57. The quantitative estimate of drug-likeness (QED) is 0.738. The van der Waals surface area contributed by atoms with E-state index in [0.717, 1.165) is 23.2 Å². The summed E-state index contributed by atoms with van der Waals surface area (Å²) in [7, 11) is 0. The average molecular weight is 323 g/mol. The van der Waals surface area contributed by atoms with Crippen molar-refractivity contribution in [3.05, 3.63) is 65.9 Å². The van der Waals surface area contributed by atoms with Crippen molar-refractivity contribution in [2.45, 2.75) is 26.3 Å². The molecule has 1 heterocycles. The molecule has 24 heavy (non-hydrogen) atoms. The van der Waals surface area contributed by atoms with Gasteiger partial charge in [-0.15, -0.1) is 0 Å². The second-order valence-corrected chi connectivity index (χ2v) is 5.77. The standard InChI is InChI=1S/C20H21NO3/c1-3-15-7-6-9-17(11-15)23-13-20(22)21-14(2)19-12-16-8-4-5-10-18(16)24-19/h4-12,14H,3,13H2,1-2H3,(H,21,22). The number of hydrogen-bond donors (Lipinski definition) is 1. The van der Waals surface area contributed by atoms with Crippen LogP contribution in [-0.2, 0) is 11.2 Å². The molecular formula is C20H21NO3. The van der Waals surface area contributed by atoms with Crippen LogP contribution in [0.25, 0.3) is 11.0 Å². The molecule has 0 bridgehead atoms. The summed E-state index contributed by atoms with van der Waals surface area (Å²) in [6.07, 6.45) is 0.937. The lowest BCUT2D eigenvalue weighted by atomic mass is 10.2. The second-order valence-electron chi connectivity index (χ2n) is 5.77. The van der Waals surface area contributed by atoms with Gasteiger partial charge in [0.1, 0.15) is 17.1 Å². The Kier molecular flexibility index (Phi) is 4.85. The predicted molar refractivity (Wildman–Crippen MR) is 94.1 cm³/mol. The van der Waals surface area contributed by atoms with E-state index in [1.54, 1.807) is 0 Å². The van der Waals surface area contributed by atoms with Crippen molar-refractivity contribution >= 4 is 16.9 Å². The molecule has 0 saturated carbocycles. The number of carbonyl (C=O) groups is 1. The Morgan fingerprint density at radius 3 is 2.79 bits per heavy atom. The summed E-state index contributed by atoms with van der Waals surface area (Å²) in [5, 5.41) is 3.93. The van der Waals surface area contributed by atoms with Crippen molar-refractivity contribution in [3.63, 3.8) is 0 Å². The Balaban J connectivity index is 1.57. The van der Waals surface area contributed by atoms with E-state index in [1.165, 1.54) is 5.56 Å². The Morgan fingerprint density at radius 1 is 1.17 bits per heavy atom. The molecule has 0 aliphatic carbocycles. The molecule has 0 saturated heterocycles. The van der Waals surface area contributed by atoms with Crippen LogP contribution in [0, 0.1) is 0 Å². The number of benzene rings is 2. The van der Waals surface area contributed by atoms with Gasteiger partial charge in [0, 0.05) is 5.39 Å². The van der Waals surface area contributed by atoms with Crippen molar-refractivity contribution in [2.24, 2.45) is 0 Å². The van der Waals surface area contributed by atoms with Crippen molar-refractivity contribution in [1.29, 1.82) is 0 Å². The highest BCUT2D eigenvalue weighted by molar-refractivity contribution is 5.79. The lowest BCUT2D eigenvalue weighted by Crippen LogP contribution is -2.31. The lowest BCUT2D eigenvalue weighted by Gasteiger charge is -2.12. The minimum absolute atomic E-state index is 0.0161. The largest absolute Gasteiger partial charge is 0.484 e. The van der Waals surface area contributed by atoms with Gasteiger partial charge in [0.05, 0.1) is 6.04 Å². The van der Waals surface area contributed by atoms with Crippen molar-refractivity contribution in [1.82, 2.24) is 5.32 Å². The maximum atomic E-state index is 12.1. The zero-order chi connectivity index (χ0) is 16.9. The van der Waals surface area contributed by atoms with Crippen molar-refractivity contribution in [2.75, 3.05) is 6.61 Å². The number of para-hydroxylation sites is 1. The molecule has 0 radical (unpaired) electrons. The summed E-state index contributed by atoms with van der Waals surface area (Å²) in [4.78, 5) is 12.1. The van der Waals surface area contributed by atoms with E-state index < -0.39 is 0 Å². The number of ether oxygens (including phenoxy) is 1. The van der Waals surface area contributed by atoms with Gasteiger partial charge in [0.15, 0.2) is 6.61 Å². The van der Waals surface area contributed by atoms with E-state index in [-0.39, 0.29) is 18.6 Å². The number of fused-ring (bicyclic) bond motifs is 1. The van der Waals surface area contributed by atoms with Crippen LogP contribution >= 0.6 is 0 Å². The second kappa shape index (κ2) is 7.21. The molecule has 0 spiro atoms. The predicted octanol–water partition coefficient (Wildman–Crippen LogP) is 4.25. The molecule has 1 unspecified atom stereocenters. The third-order valence-electron chi connectivity index (χ3n) is 3.93. The number of nitrogens with one attached hydrogen (secondary N) is 1. The topological polar surface area (TPSA) is 51.5 Å². The van der Waals surface area contributed by atoms with Crippen LogP contribution in [0.2, 0.25) is 0 Å². The van der Waals surface area contributed by atoms with E-state index >= 15 is 0 Å². The van der Waals surface area contributed by atoms with Crippen molar-refractivity contribution in [3.8, 4) is 5.75 Å². The van der Waals surface area contributed by atoms with Gasteiger partial charge in [-0.1, -0.05) is 37.3 Å². The number of carbonyl (C=O) groups excluding carboxylic acids is 1. The normalized spacial score (nSPS) is 12.1. The van der Waals surface area contributed by atoms with Gasteiger partial charge in [-0.05, 0) is 43.2 Å². The summed E-state index contributed by atoms with van der Waals surface area (Å²) >= 11 is 0. The van der Waals surface area contributed by atoms with Crippen LogP contribution in [0.15, 0.2) is 59.0 Å². The molecule has 3 aromatic rings. The van der Waals surface area contributed by atoms with E-state index in [4.69, 9.17) is 9.15 Å². The SMILES string of the molecule is CCc1cccc(OCC(=O)NC(C)c2cc3ccccc3o2)c1. The number of rotatable bonds is 6. The van der Waals surface area contributed by atoms with E-state index in [0.29, 0.717) is 5.75 Å². The average Bonchev–Trinajstić information content (AvgIpc) is 3.04. The number of hydrogen-bond acceptors (Lipinski definition) is 3. The smallest absolute Gasteiger partial charge is 0.258 e. The number of furan rings is 1. The Labute approximate surface area is 141 Å². The Morgan fingerprint density at radius 2 is 2.00 bits per heavy atom. The number of amides is 1. The summed E-state index contributed by atoms with van der Waals surface area (Å²) < 4.78 is 11.3. The van der Waals surface area contributed by atoms with Crippen LogP contribution in [0.4, 0.5) is 0 Å². The minimum Gasteiger partial charge on any atom is -0.484 e. The fourth-order valence-electron chi connectivity index (χ4n) is 2.57. The molecular weight excluding hydrogens is 302 g/mol. The minimum atomic E-state index is -0.213. The first-order valence-electron chi connectivity index (χ1n) is 8.15. The van der Waals surface area contributed by atoms with Gasteiger partial charge in [-0.2, -0.15) is 0 Å². The van der Waals surface area contributed by atoms with E-state index in [9.17, 15) is 4.79 Å². The molecule has 4 heteroatoms. The van der Waals surface area contributed by atoms with E-state index in [1.807, 2.05) is 61.5 Å². The maximum absolute atomic E-state index is 12.1. The monoisotopic (exact) mass is 323 g/mol. The third kappa shape index (κ3) is 3.77. The van der Waals surface area contributed by atoms with Gasteiger partial charge < -0.3 is 14.5 Å². The lowest BCUT2D eigenvalue weighted by molar-refractivity contribution is -0.123. The maximum Gasteiger partial charge on any atom is 0.258 e. The Bertz CT molecular complexity index is 805. The van der Waals surface area contributed by atoms with Crippen LogP contribution in [0.1, 0.15) is 31.2 Å². The molecule has 2 aromatic carbocycles. The molecule has 4 nitrogen and oxygen atoms in total. The van der Waals surface area contributed by atoms with Gasteiger partial charge in [-0.3, -0.25) is 4.79 Å². The zero-order valence-corrected chi connectivity index (χ0v) is 13.9. The first-order valence-corrected chi connectivity index (χ1v) is 8.15. The summed E-state index contributed by atoms with van der Waals surface area (Å²) in [5.74, 6) is 1.27. The summed E-state index contributed by atoms with van der Waals surface area (Å²) in [6, 6.07) is 17.3. The first kappa shape index (κ1) is 16.1. The molecule has 1 amide bonds. The summed E-state index contributed by atoms with van der Waals surface area (Å²) in [5.41, 5.74) is 2.00. The van der Waals surface area contributed by atoms with Gasteiger partial charge in [0.25, 0.3) is 5.91 Å². The third-order valence-corrected chi connectivity index (χ3v) is 3.93. The van der Waals surface area contributed by atoms with Crippen molar-refractivity contribution < 1.29 is 13.9 Å². The molecule has 1 atom stereocenters. The van der Waals surface area contributed by atoms with E-state index in [2.05, 4.69) is 12.2 Å². The van der Waals surface area contributed by atoms with Gasteiger partial charge in [-0.25, -0.2) is 0 Å². The molecule has 0 aliphatic heterocycles. The highest BCUT2D eigenvalue weighted by Gasteiger charge is 2.14. The fraction of sp³-hybridized carbons (Fsp3) is 0.250. The molecule has 1 aromatic heterocycles. The van der Waals surface area contributed by atoms with Gasteiger partial charge >= 0.3 is 0 Å². The molecule has 0 fully saturated rings. The Hall–Kier alpha value is -2.75. The van der Waals surface area contributed by atoms with Crippen LogP contribution in [0.5, 0.6) is 5.75 Å².